The molecule has 5 rings (SSSR count). The van der Waals surface area contributed by atoms with Crippen molar-refractivity contribution in [2.45, 2.75) is 19.9 Å². The minimum atomic E-state index is -0.968. The maximum Gasteiger partial charge on any atom is 0.407 e. The Labute approximate surface area is 194 Å². The number of hydrogen-bond acceptors (Lipinski definition) is 5. The van der Waals surface area contributed by atoms with E-state index < -0.39 is 6.09 Å². The number of piperazine rings is 1. The highest BCUT2D eigenvalue weighted by atomic mass is 35.5. The van der Waals surface area contributed by atoms with Gasteiger partial charge in [0.1, 0.15) is 0 Å². The van der Waals surface area contributed by atoms with E-state index in [4.69, 9.17) is 16.6 Å². The predicted octanol–water partition coefficient (Wildman–Crippen LogP) is 3.96. The quantitative estimate of drug-likeness (QED) is 0.464. The van der Waals surface area contributed by atoms with E-state index in [1.165, 1.54) is 4.90 Å². The Morgan fingerprint density at radius 1 is 1.18 bits per heavy atom. The molecule has 1 aliphatic rings. The van der Waals surface area contributed by atoms with Crippen LogP contribution in [0.4, 0.5) is 4.79 Å². The monoisotopic (exact) mass is 464 g/mol. The van der Waals surface area contributed by atoms with Gasteiger partial charge in [0.15, 0.2) is 5.65 Å². The highest BCUT2D eigenvalue weighted by Gasteiger charge is 2.30. The number of H-pyrrole nitrogens is 1. The summed E-state index contributed by atoms with van der Waals surface area (Å²) in [6.07, 6.45) is 0.732. The van der Waals surface area contributed by atoms with Gasteiger partial charge in [-0.05, 0) is 38.1 Å². The molecule has 3 aromatic heterocycles. The first-order valence-corrected chi connectivity index (χ1v) is 10.9. The molecular formula is C23H21ClN6O3. The number of fused-ring (bicyclic) bond motifs is 2. The Bertz CT molecular complexity index is 1420. The third kappa shape index (κ3) is 3.74. The molecule has 2 N–H and O–H groups in total. The van der Waals surface area contributed by atoms with Crippen LogP contribution in [0.3, 0.4) is 0 Å². The van der Waals surface area contributed by atoms with Gasteiger partial charge in [0.25, 0.3) is 5.91 Å². The molecule has 1 saturated heterocycles. The standard InChI is InChI=1S/C23H21ClN6O3/c1-12-11-29(23(32)33)5-6-30(12)22(31)14-3-4-16-18(24)9-19(26-20(16)8-14)15-7-17-13(2)27-28-21(17)25-10-15/h3-4,7-10,12H,5-6,11H2,1-2H3,(H,32,33)(H,25,27,28). The molecule has 0 spiro atoms. The number of rotatable bonds is 2. The van der Waals surface area contributed by atoms with Gasteiger partial charge in [0, 0.05) is 59.5 Å². The van der Waals surface area contributed by atoms with Gasteiger partial charge in [-0.1, -0.05) is 17.7 Å². The second-order valence-electron chi connectivity index (χ2n) is 8.24. The molecule has 0 bridgehead atoms. The second kappa shape index (κ2) is 8.00. The minimum Gasteiger partial charge on any atom is -0.465 e. The van der Waals surface area contributed by atoms with Crippen LogP contribution >= 0.6 is 11.6 Å². The van der Waals surface area contributed by atoms with Crippen LogP contribution in [0, 0.1) is 6.92 Å². The molecule has 9 nitrogen and oxygen atoms in total. The van der Waals surface area contributed by atoms with Gasteiger partial charge in [-0.3, -0.25) is 9.89 Å². The minimum absolute atomic E-state index is 0.158. The third-order valence-corrected chi connectivity index (χ3v) is 6.37. The van der Waals surface area contributed by atoms with Crippen molar-refractivity contribution in [3.8, 4) is 11.3 Å². The van der Waals surface area contributed by atoms with E-state index in [1.54, 1.807) is 35.4 Å². The molecule has 33 heavy (non-hydrogen) atoms. The van der Waals surface area contributed by atoms with Crippen molar-refractivity contribution < 1.29 is 14.7 Å². The molecule has 0 aliphatic carbocycles. The summed E-state index contributed by atoms with van der Waals surface area (Å²) in [6.45, 7) is 4.69. The Morgan fingerprint density at radius 3 is 2.76 bits per heavy atom. The van der Waals surface area contributed by atoms with E-state index in [9.17, 15) is 14.7 Å². The van der Waals surface area contributed by atoms with Crippen LogP contribution in [0.1, 0.15) is 23.0 Å². The first-order chi connectivity index (χ1) is 15.8. The summed E-state index contributed by atoms with van der Waals surface area (Å²) in [5.41, 5.74) is 4.08. The summed E-state index contributed by atoms with van der Waals surface area (Å²) < 4.78 is 0. The van der Waals surface area contributed by atoms with Crippen LogP contribution in [0.2, 0.25) is 5.02 Å². The van der Waals surface area contributed by atoms with Crippen LogP contribution in [0.15, 0.2) is 36.5 Å². The molecule has 1 fully saturated rings. The van der Waals surface area contributed by atoms with Crippen LogP contribution < -0.4 is 0 Å². The smallest absolute Gasteiger partial charge is 0.407 e. The molecule has 10 heteroatoms. The van der Waals surface area contributed by atoms with Crippen LogP contribution in [-0.4, -0.2) is 72.7 Å². The van der Waals surface area contributed by atoms with Crippen LogP contribution in [0.5, 0.6) is 0 Å². The number of aromatic amines is 1. The number of hydrogen-bond donors (Lipinski definition) is 2. The van der Waals surface area contributed by atoms with Gasteiger partial charge in [-0.2, -0.15) is 5.10 Å². The van der Waals surface area contributed by atoms with Crippen molar-refractivity contribution in [1.29, 1.82) is 0 Å². The SMILES string of the molecule is Cc1[nH]nc2ncc(-c3cc(Cl)c4ccc(C(=O)N5CCN(C(=O)O)CC5C)cc4n3)cc12. The van der Waals surface area contributed by atoms with Crippen molar-refractivity contribution in [1.82, 2.24) is 30.0 Å². The second-order valence-corrected chi connectivity index (χ2v) is 8.65. The number of amides is 2. The zero-order chi connectivity index (χ0) is 23.3. The van der Waals surface area contributed by atoms with E-state index in [1.807, 2.05) is 19.9 Å². The molecule has 168 valence electrons. The zero-order valence-electron chi connectivity index (χ0n) is 18.0. The third-order valence-electron chi connectivity index (χ3n) is 6.06. The summed E-state index contributed by atoms with van der Waals surface area (Å²) in [5.74, 6) is -0.158. The van der Waals surface area contributed by atoms with Crippen molar-refractivity contribution in [2.75, 3.05) is 19.6 Å². The molecule has 1 aliphatic heterocycles. The zero-order valence-corrected chi connectivity index (χ0v) is 18.8. The van der Waals surface area contributed by atoms with Gasteiger partial charge >= 0.3 is 6.09 Å². The number of aryl methyl sites for hydroxylation is 1. The number of carbonyl (C=O) groups is 2. The summed E-state index contributed by atoms with van der Waals surface area (Å²) in [7, 11) is 0. The van der Waals surface area contributed by atoms with Gasteiger partial charge in [-0.15, -0.1) is 0 Å². The Hall–Kier alpha value is -3.72. The molecule has 1 aromatic carbocycles. The van der Waals surface area contributed by atoms with E-state index in [-0.39, 0.29) is 25.0 Å². The number of carbonyl (C=O) groups excluding carboxylic acids is 1. The molecule has 4 aromatic rings. The van der Waals surface area contributed by atoms with E-state index in [0.29, 0.717) is 34.0 Å². The van der Waals surface area contributed by atoms with Gasteiger partial charge in [0.2, 0.25) is 0 Å². The lowest BCUT2D eigenvalue weighted by atomic mass is 10.1. The van der Waals surface area contributed by atoms with Gasteiger partial charge in [-0.25, -0.2) is 14.8 Å². The maximum atomic E-state index is 13.2. The van der Waals surface area contributed by atoms with Gasteiger partial charge < -0.3 is 14.9 Å². The first kappa shape index (κ1) is 21.1. The first-order valence-electron chi connectivity index (χ1n) is 10.5. The number of aromatic nitrogens is 4. The van der Waals surface area contributed by atoms with Crippen LogP contribution in [-0.2, 0) is 0 Å². The van der Waals surface area contributed by atoms with Crippen molar-refractivity contribution in [2.24, 2.45) is 0 Å². The fourth-order valence-electron chi connectivity index (χ4n) is 4.23. The van der Waals surface area contributed by atoms with Gasteiger partial charge in [0.05, 0.1) is 16.2 Å². The van der Waals surface area contributed by atoms with Crippen molar-refractivity contribution in [3.05, 3.63) is 52.8 Å². The molecule has 2 amide bonds. The highest BCUT2D eigenvalue weighted by molar-refractivity contribution is 6.35. The summed E-state index contributed by atoms with van der Waals surface area (Å²) in [4.78, 5) is 36.6. The summed E-state index contributed by atoms with van der Waals surface area (Å²) in [6, 6.07) is 8.79. The van der Waals surface area contributed by atoms with Crippen LogP contribution in [0.25, 0.3) is 33.2 Å². The van der Waals surface area contributed by atoms with Crippen molar-refractivity contribution in [3.63, 3.8) is 0 Å². The van der Waals surface area contributed by atoms with E-state index in [0.717, 1.165) is 22.0 Å². The molecule has 1 unspecified atom stereocenters. The Morgan fingerprint density at radius 2 is 2.00 bits per heavy atom. The number of nitrogens with zero attached hydrogens (tertiary/aromatic N) is 5. The largest absolute Gasteiger partial charge is 0.465 e. The maximum absolute atomic E-state index is 13.2. The molecular weight excluding hydrogens is 444 g/mol. The average Bonchev–Trinajstić information content (AvgIpc) is 3.18. The molecule has 1 atom stereocenters. The fourth-order valence-corrected chi connectivity index (χ4v) is 4.49. The Balaban J connectivity index is 1.50. The van der Waals surface area contributed by atoms with E-state index >= 15 is 0 Å². The van der Waals surface area contributed by atoms with Crippen molar-refractivity contribution >= 4 is 45.5 Å². The fraction of sp³-hybridized carbons (Fsp3) is 0.261. The lowest BCUT2D eigenvalue weighted by molar-refractivity contribution is 0.0484. The number of nitrogens with one attached hydrogen (secondary N) is 1. The number of pyridine rings is 2. The molecule has 0 saturated carbocycles. The average molecular weight is 465 g/mol. The summed E-state index contributed by atoms with van der Waals surface area (Å²) >= 11 is 6.55. The highest BCUT2D eigenvalue weighted by Crippen LogP contribution is 2.30. The molecule has 0 radical (unpaired) electrons. The Kier molecular flexibility index (Phi) is 5.13. The number of benzene rings is 1. The normalized spacial score (nSPS) is 16.5. The molecule has 4 heterocycles. The lowest BCUT2D eigenvalue weighted by Crippen LogP contribution is -2.55. The summed E-state index contributed by atoms with van der Waals surface area (Å²) in [5, 5.41) is 18.5. The number of halogens is 1. The number of carboxylic acid groups (broad SMARTS) is 1. The van der Waals surface area contributed by atoms with E-state index in [2.05, 4.69) is 15.2 Å². The predicted molar refractivity (Wildman–Crippen MR) is 124 cm³/mol. The lowest BCUT2D eigenvalue weighted by Gasteiger charge is -2.38. The topological polar surface area (TPSA) is 115 Å².